The smallest absolute Gasteiger partial charge is 0.0496 e. The van der Waals surface area contributed by atoms with Gasteiger partial charge in [0.2, 0.25) is 0 Å². The summed E-state index contributed by atoms with van der Waals surface area (Å²) in [6.07, 6.45) is 9.31. The van der Waals surface area contributed by atoms with Gasteiger partial charge in [0.15, 0.2) is 0 Å². The van der Waals surface area contributed by atoms with Crippen LogP contribution in [0.2, 0.25) is 0 Å². The molecule has 1 heterocycles. The molecule has 0 saturated carbocycles. The second kappa shape index (κ2) is 16.1. The molecule has 0 saturated heterocycles. The molecule has 0 unspecified atom stereocenters. The van der Waals surface area contributed by atoms with Crippen molar-refractivity contribution in [1.29, 1.82) is 0 Å². The summed E-state index contributed by atoms with van der Waals surface area (Å²) < 4.78 is 0. The second-order valence-electron chi connectivity index (χ2n) is 14.3. The molecule has 0 aliphatic carbocycles. The third-order valence-corrected chi connectivity index (χ3v) is 10.6. The highest BCUT2D eigenvalue weighted by atomic mass is 15.1. The van der Waals surface area contributed by atoms with E-state index in [9.17, 15) is 0 Å². The molecule has 0 spiro atoms. The van der Waals surface area contributed by atoms with Gasteiger partial charge in [-0.2, -0.15) is 0 Å². The molecule has 272 valence electrons. The van der Waals surface area contributed by atoms with Crippen LogP contribution in [0.15, 0.2) is 243 Å². The number of rotatable bonds is 8. The largest absolute Gasteiger partial charge is 0.311 e. The summed E-state index contributed by atoms with van der Waals surface area (Å²) in [4.78, 5) is 4.60. The van der Waals surface area contributed by atoms with Crippen LogP contribution >= 0.6 is 0 Å². The van der Waals surface area contributed by atoms with Crippen molar-refractivity contribution in [3.63, 3.8) is 0 Å². The van der Waals surface area contributed by atoms with Crippen LogP contribution in [0.4, 0.5) is 28.4 Å². The number of hydrogen-bond acceptors (Lipinski definition) is 2. The van der Waals surface area contributed by atoms with Gasteiger partial charge in [-0.25, -0.2) is 0 Å². The Kier molecular flexibility index (Phi) is 9.99. The third-order valence-electron chi connectivity index (χ3n) is 10.6. The van der Waals surface area contributed by atoms with E-state index in [-0.39, 0.29) is 0 Å². The molecule has 2 heteroatoms. The monoisotopic (exact) mass is 730 g/mol. The van der Waals surface area contributed by atoms with Crippen molar-refractivity contribution >= 4 is 28.4 Å². The van der Waals surface area contributed by atoms with Crippen molar-refractivity contribution in [3.8, 4) is 44.5 Å². The number of anilines is 5. The maximum atomic E-state index is 4.47. The van der Waals surface area contributed by atoms with Gasteiger partial charge in [0.25, 0.3) is 0 Å². The Balaban J connectivity index is 1.06. The molecule has 0 aromatic heterocycles. The normalized spacial score (nSPS) is 13.5. The van der Waals surface area contributed by atoms with E-state index >= 15 is 0 Å². The summed E-state index contributed by atoms with van der Waals surface area (Å²) in [6.45, 7) is 4.47. The lowest BCUT2D eigenvalue weighted by atomic mass is 9.98. The zero-order valence-corrected chi connectivity index (χ0v) is 31.7. The third kappa shape index (κ3) is 7.62. The quantitative estimate of drug-likeness (QED) is 0.154. The number of benzene rings is 8. The van der Waals surface area contributed by atoms with Crippen molar-refractivity contribution in [3.05, 3.63) is 248 Å². The van der Waals surface area contributed by atoms with E-state index in [2.05, 4.69) is 247 Å². The molecule has 57 heavy (non-hydrogen) atoms. The lowest BCUT2D eigenvalue weighted by Crippen LogP contribution is -2.16. The minimum Gasteiger partial charge on any atom is -0.311 e. The maximum Gasteiger partial charge on any atom is 0.0496 e. The Morgan fingerprint density at radius 2 is 0.825 bits per heavy atom. The number of fused-ring (bicyclic) bond motifs is 1. The van der Waals surface area contributed by atoms with Crippen LogP contribution in [0.3, 0.4) is 0 Å². The van der Waals surface area contributed by atoms with Crippen LogP contribution in [0, 0.1) is 0 Å². The summed E-state index contributed by atoms with van der Waals surface area (Å²) in [7, 11) is 0. The molecule has 0 atom stereocenters. The van der Waals surface area contributed by atoms with Crippen molar-refractivity contribution in [2.75, 3.05) is 9.80 Å². The fourth-order valence-corrected chi connectivity index (χ4v) is 7.70. The molecule has 2 nitrogen and oxygen atoms in total. The molecular formula is C55H42N2. The summed E-state index contributed by atoms with van der Waals surface area (Å²) in [5.41, 5.74) is 17.2. The van der Waals surface area contributed by atoms with Crippen molar-refractivity contribution in [2.45, 2.75) is 6.42 Å². The molecule has 8 aromatic carbocycles. The van der Waals surface area contributed by atoms with Crippen LogP contribution in [-0.2, 0) is 6.42 Å². The highest BCUT2D eigenvalue weighted by molar-refractivity contribution is 5.83. The highest BCUT2D eigenvalue weighted by Crippen LogP contribution is 2.40. The lowest BCUT2D eigenvalue weighted by Gasteiger charge is -2.28. The predicted molar refractivity (Wildman–Crippen MR) is 243 cm³/mol. The first-order valence-electron chi connectivity index (χ1n) is 19.5. The van der Waals surface area contributed by atoms with Crippen molar-refractivity contribution in [2.24, 2.45) is 0 Å². The topological polar surface area (TPSA) is 6.48 Å². The molecule has 0 N–H and O–H groups in total. The van der Waals surface area contributed by atoms with Gasteiger partial charge in [-0.05, 0) is 123 Å². The van der Waals surface area contributed by atoms with Gasteiger partial charge in [0, 0.05) is 34.1 Å². The Labute approximate surface area is 336 Å². The molecule has 1 aliphatic rings. The van der Waals surface area contributed by atoms with Gasteiger partial charge in [0.05, 0.1) is 0 Å². The minimum atomic E-state index is 0.862. The predicted octanol–water partition coefficient (Wildman–Crippen LogP) is 15.1. The molecule has 1 aliphatic heterocycles. The fourth-order valence-electron chi connectivity index (χ4n) is 7.70. The standard InChI is InChI=1S/C55H42N2/c1-41-15-5-2-10-20-47-21-11-12-26-55(47)56(41)54-25-14-24-50(40-54)46-31-37-53(38-32-46)57(51-33-27-44(28-34-51)42-16-6-3-7-17-42)52-35-29-45(30-36-52)49-23-13-22-48(39-49)43-18-8-4-9-19-43/h2-19,21-40H,1,20H2/b10-2-,15-5-. The van der Waals surface area contributed by atoms with Crippen LogP contribution < -0.4 is 9.80 Å². The molecule has 8 aromatic rings. The van der Waals surface area contributed by atoms with Crippen LogP contribution in [0.1, 0.15) is 5.56 Å². The van der Waals surface area contributed by atoms with Crippen molar-refractivity contribution < 1.29 is 0 Å². The summed E-state index contributed by atoms with van der Waals surface area (Å²) in [6, 6.07) is 74.0. The molecule has 0 radical (unpaired) electrons. The van der Waals surface area contributed by atoms with Gasteiger partial charge in [0.1, 0.15) is 0 Å². The first-order chi connectivity index (χ1) is 28.2. The van der Waals surface area contributed by atoms with E-state index in [1.807, 2.05) is 0 Å². The van der Waals surface area contributed by atoms with Crippen molar-refractivity contribution in [1.82, 2.24) is 0 Å². The SMILES string of the molecule is C=C1/C=C\C=C/Cc2ccccc2N1c1cccc(-c2ccc(N(c3ccc(-c4ccccc4)cc3)c3ccc(-c4cccc(-c5ccccc5)c4)cc3)cc2)c1. The van der Waals surface area contributed by atoms with Crippen LogP contribution in [0.5, 0.6) is 0 Å². The average Bonchev–Trinajstić information content (AvgIpc) is 3.36. The molecule has 9 rings (SSSR count). The number of hydrogen-bond donors (Lipinski definition) is 0. The first-order valence-corrected chi connectivity index (χ1v) is 19.5. The van der Waals surface area contributed by atoms with Crippen LogP contribution in [0.25, 0.3) is 44.5 Å². The van der Waals surface area contributed by atoms with Gasteiger partial charge >= 0.3 is 0 Å². The Bertz CT molecular complexity index is 2690. The van der Waals surface area contributed by atoms with Crippen LogP contribution in [-0.4, -0.2) is 0 Å². The number of allylic oxidation sites excluding steroid dienone is 4. The van der Waals surface area contributed by atoms with Gasteiger partial charge in [-0.1, -0.05) is 170 Å². The van der Waals surface area contributed by atoms with E-state index in [0.29, 0.717) is 0 Å². The van der Waals surface area contributed by atoms with E-state index in [1.54, 1.807) is 0 Å². The molecule has 0 bridgehead atoms. The fraction of sp³-hybridized carbons (Fsp3) is 0.0182. The lowest BCUT2D eigenvalue weighted by molar-refractivity contribution is 1.17. The Hall–Kier alpha value is -7.42. The zero-order chi connectivity index (χ0) is 38.4. The molecular weight excluding hydrogens is 689 g/mol. The number of nitrogens with zero attached hydrogens (tertiary/aromatic N) is 2. The summed E-state index contributed by atoms with van der Waals surface area (Å²) in [5.74, 6) is 0. The zero-order valence-electron chi connectivity index (χ0n) is 31.7. The average molecular weight is 731 g/mol. The van der Waals surface area contributed by atoms with E-state index in [0.717, 1.165) is 51.7 Å². The molecule has 0 amide bonds. The first kappa shape index (κ1) is 35.3. The van der Waals surface area contributed by atoms with E-state index < -0.39 is 0 Å². The Morgan fingerprint density at radius 3 is 1.40 bits per heavy atom. The van der Waals surface area contributed by atoms with Gasteiger partial charge in [-0.15, -0.1) is 0 Å². The second-order valence-corrected chi connectivity index (χ2v) is 14.3. The summed E-state index contributed by atoms with van der Waals surface area (Å²) >= 11 is 0. The summed E-state index contributed by atoms with van der Waals surface area (Å²) in [5, 5.41) is 0. The van der Waals surface area contributed by atoms with Gasteiger partial charge < -0.3 is 9.80 Å². The molecule has 0 fully saturated rings. The van der Waals surface area contributed by atoms with Gasteiger partial charge in [-0.3, -0.25) is 0 Å². The Morgan fingerprint density at radius 1 is 0.386 bits per heavy atom. The highest BCUT2D eigenvalue weighted by Gasteiger charge is 2.18. The number of para-hydroxylation sites is 1. The minimum absolute atomic E-state index is 0.862. The maximum absolute atomic E-state index is 4.47. The van der Waals surface area contributed by atoms with E-state index in [4.69, 9.17) is 0 Å². The van der Waals surface area contributed by atoms with E-state index in [1.165, 1.54) is 38.9 Å².